The molecule has 0 fully saturated rings. The lowest BCUT2D eigenvalue weighted by molar-refractivity contribution is 0.487. The Morgan fingerprint density at radius 2 is 0.764 bits per heavy atom. The predicted octanol–water partition coefficient (Wildman–Crippen LogP) is 14.9. The molecule has 3 heteroatoms. The van der Waals surface area contributed by atoms with E-state index in [1.165, 1.54) is 22.3 Å². The van der Waals surface area contributed by atoms with E-state index < -0.39 is 0 Å². The summed E-state index contributed by atoms with van der Waals surface area (Å²) in [6.07, 6.45) is 0. The van der Waals surface area contributed by atoms with Gasteiger partial charge >= 0.3 is 0 Å². The fraction of sp³-hybridized carbons (Fsp3) is 0. The normalized spacial score (nSPS) is 11.4. The fourth-order valence-electron chi connectivity index (χ4n) is 7.83. The van der Waals surface area contributed by atoms with Crippen molar-refractivity contribution in [3.05, 3.63) is 218 Å². The van der Waals surface area contributed by atoms with Gasteiger partial charge in [-0.1, -0.05) is 140 Å². The Labute approximate surface area is 321 Å². The van der Waals surface area contributed by atoms with Gasteiger partial charge in [0, 0.05) is 50.8 Å². The van der Waals surface area contributed by atoms with Crippen molar-refractivity contribution in [1.29, 1.82) is 0 Å². The van der Waals surface area contributed by atoms with Crippen LogP contribution in [0.25, 0.3) is 44.2 Å². The molecule has 55 heavy (non-hydrogen) atoms. The highest BCUT2D eigenvalue weighted by atomic mass is 16.5. The van der Waals surface area contributed by atoms with E-state index in [1.54, 1.807) is 0 Å². The Balaban J connectivity index is 1.08. The first-order chi connectivity index (χ1) is 27.3. The van der Waals surface area contributed by atoms with E-state index in [2.05, 4.69) is 228 Å². The summed E-state index contributed by atoms with van der Waals surface area (Å²) in [6.45, 7) is 0. The highest BCUT2D eigenvalue weighted by molar-refractivity contribution is 6.11. The molecule has 0 bridgehead atoms. The summed E-state index contributed by atoms with van der Waals surface area (Å²) in [4.78, 5) is 4.63. The summed E-state index contributed by atoms with van der Waals surface area (Å²) in [5.74, 6) is 1.69. The minimum atomic E-state index is 0.833. The van der Waals surface area contributed by atoms with Gasteiger partial charge in [-0.2, -0.15) is 0 Å². The van der Waals surface area contributed by atoms with Gasteiger partial charge in [0.25, 0.3) is 0 Å². The fourth-order valence-corrected chi connectivity index (χ4v) is 7.83. The SMILES string of the molecule is c1ccc(-c2ccc(N(c3ccc(-c4ccccc4)cc3)c3ccc4c(c3)Oc3ccc(N(c5ccccc5)c5ccccc5)c5cccc-4c35)cc2)cc1. The van der Waals surface area contributed by atoms with E-state index in [0.717, 1.165) is 67.5 Å². The Morgan fingerprint density at radius 1 is 0.291 bits per heavy atom. The molecule has 0 spiro atoms. The zero-order valence-electron chi connectivity index (χ0n) is 30.1. The number of fused-ring (bicyclic) bond motifs is 2. The molecular formula is C52H36N2O. The van der Waals surface area contributed by atoms with Crippen molar-refractivity contribution in [2.45, 2.75) is 0 Å². The molecule has 1 aliphatic heterocycles. The summed E-state index contributed by atoms with van der Waals surface area (Å²) in [6, 6.07) is 77.3. The van der Waals surface area contributed by atoms with Gasteiger partial charge in [-0.15, -0.1) is 0 Å². The summed E-state index contributed by atoms with van der Waals surface area (Å²) < 4.78 is 6.87. The molecule has 0 aliphatic carbocycles. The molecule has 0 saturated carbocycles. The Kier molecular flexibility index (Phi) is 8.16. The number of para-hydroxylation sites is 2. The number of ether oxygens (including phenoxy) is 1. The summed E-state index contributed by atoms with van der Waals surface area (Å²) >= 11 is 0. The second kappa shape index (κ2) is 13.9. The summed E-state index contributed by atoms with van der Waals surface area (Å²) in [5, 5.41) is 2.25. The topological polar surface area (TPSA) is 15.7 Å². The first-order valence-electron chi connectivity index (χ1n) is 18.7. The molecule has 260 valence electrons. The molecule has 1 aliphatic rings. The van der Waals surface area contributed by atoms with E-state index in [-0.39, 0.29) is 0 Å². The third-order valence-corrected chi connectivity index (χ3v) is 10.4. The predicted molar refractivity (Wildman–Crippen MR) is 230 cm³/mol. The Morgan fingerprint density at radius 3 is 1.31 bits per heavy atom. The van der Waals surface area contributed by atoms with Crippen molar-refractivity contribution in [1.82, 2.24) is 0 Å². The number of anilines is 6. The van der Waals surface area contributed by atoms with Crippen molar-refractivity contribution in [3.63, 3.8) is 0 Å². The molecule has 0 radical (unpaired) electrons. The van der Waals surface area contributed by atoms with Gasteiger partial charge in [0.05, 0.1) is 5.69 Å². The van der Waals surface area contributed by atoms with Crippen LogP contribution in [0, 0.1) is 0 Å². The van der Waals surface area contributed by atoms with Crippen LogP contribution < -0.4 is 14.5 Å². The third kappa shape index (κ3) is 5.98. The Bertz CT molecular complexity index is 2630. The maximum atomic E-state index is 6.87. The van der Waals surface area contributed by atoms with Crippen molar-refractivity contribution in [3.8, 4) is 44.9 Å². The lowest BCUT2D eigenvalue weighted by Gasteiger charge is -2.30. The molecule has 0 unspecified atom stereocenters. The maximum absolute atomic E-state index is 6.87. The largest absolute Gasteiger partial charge is 0.456 e. The second-order valence-electron chi connectivity index (χ2n) is 13.8. The highest BCUT2D eigenvalue weighted by Gasteiger charge is 2.25. The molecule has 0 saturated heterocycles. The van der Waals surface area contributed by atoms with Crippen molar-refractivity contribution in [2.24, 2.45) is 0 Å². The molecular weight excluding hydrogens is 669 g/mol. The zero-order valence-corrected chi connectivity index (χ0v) is 30.1. The number of hydrogen-bond donors (Lipinski definition) is 0. The third-order valence-electron chi connectivity index (χ3n) is 10.4. The monoisotopic (exact) mass is 704 g/mol. The minimum Gasteiger partial charge on any atom is -0.456 e. The van der Waals surface area contributed by atoms with E-state index in [9.17, 15) is 0 Å². The van der Waals surface area contributed by atoms with Crippen LogP contribution >= 0.6 is 0 Å². The Hall–Kier alpha value is -7.36. The van der Waals surface area contributed by atoms with Crippen molar-refractivity contribution < 1.29 is 4.74 Å². The molecule has 0 atom stereocenters. The summed E-state index contributed by atoms with van der Waals surface area (Å²) in [5.41, 5.74) is 13.4. The molecule has 1 heterocycles. The molecule has 9 aromatic carbocycles. The van der Waals surface area contributed by atoms with Crippen LogP contribution in [0.5, 0.6) is 11.5 Å². The molecule has 0 aromatic heterocycles. The molecule has 9 aromatic rings. The molecule has 0 amide bonds. The van der Waals surface area contributed by atoms with Crippen LogP contribution in [0.15, 0.2) is 218 Å². The van der Waals surface area contributed by atoms with E-state index in [4.69, 9.17) is 4.74 Å². The number of hydrogen-bond acceptors (Lipinski definition) is 3. The van der Waals surface area contributed by atoms with E-state index in [1.807, 2.05) is 0 Å². The standard InChI is InChI=1S/C52H36N2O/c1-5-14-37(15-6-1)39-24-28-43(29-25-39)53(44-30-26-40(27-31-44)38-16-7-2-8-17-38)45-32-33-46-47-22-13-23-48-49(34-35-50(52(47)48)55-51(46)36-45)54(41-18-9-3-10-19-41)42-20-11-4-12-21-42/h1-36H. The first kappa shape index (κ1) is 32.3. The quantitative estimate of drug-likeness (QED) is 0.157. The zero-order chi connectivity index (χ0) is 36.6. The lowest BCUT2D eigenvalue weighted by atomic mass is 9.93. The van der Waals surface area contributed by atoms with Crippen LogP contribution in [0.1, 0.15) is 0 Å². The molecule has 3 nitrogen and oxygen atoms in total. The maximum Gasteiger partial charge on any atom is 0.137 e. The minimum absolute atomic E-state index is 0.833. The van der Waals surface area contributed by atoms with Gasteiger partial charge in [-0.25, -0.2) is 0 Å². The average molecular weight is 705 g/mol. The van der Waals surface area contributed by atoms with Gasteiger partial charge in [0.1, 0.15) is 11.5 Å². The smallest absolute Gasteiger partial charge is 0.137 e. The number of rotatable bonds is 8. The van der Waals surface area contributed by atoms with E-state index in [0.29, 0.717) is 0 Å². The molecule has 10 rings (SSSR count). The van der Waals surface area contributed by atoms with Crippen LogP contribution in [-0.2, 0) is 0 Å². The van der Waals surface area contributed by atoms with Crippen LogP contribution in [-0.4, -0.2) is 0 Å². The first-order valence-corrected chi connectivity index (χ1v) is 18.7. The van der Waals surface area contributed by atoms with Gasteiger partial charge in [0.2, 0.25) is 0 Å². The number of nitrogens with zero attached hydrogens (tertiary/aromatic N) is 2. The second-order valence-corrected chi connectivity index (χ2v) is 13.8. The van der Waals surface area contributed by atoms with Crippen molar-refractivity contribution in [2.75, 3.05) is 9.80 Å². The van der Waals surface area contributed by atoms with Crippen molar-refractivity contribution >= 4 is 44.9 Å². The van der Waals surface area contributed by atoms with Gasteiger partial charge < -0.3 is 14.5 Å². The van der Waals surface area contributed by atoms with Crippen LogP contribution in [0.3, 0.4) is 0 Å². The number of benzene rings is 9. The van der Waals surface area contributed by atoms with Gasteiger partial charge in [0.15, 0.2) is 0 Å². The summed E-state index contributed by atoms with van der Waals surface area (Å²) in [7, 11) is 0. The molecule has 0 N–H and O–H groups in total. The lowest BCUT2D eigenvalue weighted by Crippen LogP contribution is -2.11. The average Bonchev–Trinajstić information content (AvgIpc) is 3.26. The van der Waals surface area contributed by atoms with Crippen LogP contribution in [0.2, 0.25) is 0 Å². The van der Waals surface area contributed by atoms with Gasteiger partial charge in [-0.3, -0.25) is 0 Å². The highest BCUT2D eigenvalue weighted by Crippen LogP contribution is 2.52. The van der Waals surface area contributed by atoms with Crippen LogP contribution in [0.4, 0.5) is 34.1 Å². The van der Waals surface area contributed by atoms with E-state index >= 15 is 0 Å². The van der Waals surface area contributed by atoms with Gasteiger partial charge in [-0.05, 0) is 101 Å².